The highest BCUT2D eigenvalue weighted by Crippen LogP contribution is 2.32. The van der Waals surface area contributed by atoms with Crippen LogP contribution in [0.15, 0.2) is 42.7 Å². The van der Waals surface area contributed by atoms with Gasteiger partial charge in [-0.15, -0.1) is 0 Å². The summed E-state index contributed by atoms with van der Waals surface area (Å²) in [6.07, 6.45) is 4.64. The first-order chi connectivity index (χ1) is 13.1. The van der Waals surface area contributed by atoms with Gasteiger partial charge in [-0.2, -0.15) is 5.26 Å². The third kappa shape index (κ3) is 4.39. The van der Waals surface area contributed by atoms with Crippen molar-refractivity contribution in [1.29, 1.82) is 5.26 Å². The largest absolute Gasteiger partial charge is 0.366 e. The Kier molecular flexibility index (Phi) is 5.61. The molecule has 1 aromatic carbocycles. The number of hydrogen-bond donors (Lipinski definition) is 1. The Morgan fingerprint density at radius 3 is 2.78 bits per heavy atom. The van der Waals surface area contributed by atoms with E-state index < -0.39 is 4.92 Å². The van der Waals surface area contributed by atoms with Crippen LogP contribution in [-0.4, -0.2) is 28.9 Å². The van der Waals surface area contributed by atoms with Crippen LogP contribution in [0.4, 0.5) is 11.4 Å². The number of nitriles is 1. The van der Waals surface area contributed by atoms with Gasteiger partial charge >= 0.3 is 0 Å². The first-order valence-electron chi connectivity index (χ1n) is 8.68. The van der Waals surface area contributed by atoms with Crippen LogP contribution in [0.2, 0.25) is 0 Å². The molecular formula is C19H19N5O3. The summed E-state index contributed by atoms with van der Waals surface area (Å²) in [5.41, 5.74) is 1.62. The van der Waals surface area contributed by atoms with E-state index in [0.717, 1.165) is 5.56 Å². The second-order valence-corrected chi connectivity index (χ2v) is 6.41. The van der Waals surface area contributed by atoms with Gasteiger partial charge < -0.3 is 10.2 Å². The van der Waals surface area contributed by atoms with Crippen molar-refractivity contribution >= 4 is 17.3 Å². The van der Waals surface area contributed by atoms with Crippen LogP contribution in [0, 0.1) is 27.4 Å². The maximum absolute atomic E-state index is 12.4. The SMILES string of the molecule is N#Cc1ccc(N2CCC(C(=O)NCc3cccnc3)CC2)c([N+](=O)[O-])c1. The summed E-state index contributed by atoms with van der Waals surface area (Å²) in [6, 6.07) is 10.1. The molecule has 1 aromatic heterocycles. The molecule has 0 unspecified atom stereocenters. The zero-order valence-electron chi connectivity index (χ0n) is 14.7. The van der Waals surface area contributed by atoms with E-state index in [1.165, 1.54) is 6.07 Å². The predicted molar refractivity (Wildman–Crippen MR) is 98.8 cm³/mol. The Morgan fingerprint density at radius 1 is 1.37 bits per heavy atom. The summed E-state index contributed by atoms with van der Waals surface area (Å²) in [5.74, 6) is -0.122. The first kappa shape index (κ1) is 18.3. The van der Waals surface area contributed by atoms with Crippen LogP contribution >= 0.6 is 0 Å². The van der Waals surface area contributed by atoms with Gasteiger partial charge in [-0.1, -0.05) is 6.07 Å². The highest BCUT2D eigenvalue weighted by atomic mass is 16.6. The maximum atomic E-state index is 12.4. The lowest BCUT2D eigenvalue weighted by Gasteiger charge is -2.32. The molecule has 0 bridgehead atoms. The monoisotopic (exact) mass is 365 g/mol. The number of nitrogens with zero attached hydrogens (tertiary/aromatic N) is 4. The second kappa shape index (κ2) is 8.27. The minimum Gasteiger partial charge on any atom is -0.366 e. The summed E-state index contributed by atoms with van der Waals surface area (Å²) in [6.45, 7) is 1.55. The topological polar surface area (TPSA) is 112 Å². The van der Waals surface area contributed by atoms with E-state index in [9.17, 15) is 14.9 Å². The Bertz CT molecular complexity index is 871. The number of anilines is 1. The molecule has 1 fully saturated rings. The zero-order valence-corrected chi connectivity index (χ0v) is 14.7. The summed E-state index contributed by atoms with van der Waals surface area (Å²) in [5, 5.41) is 23.2. The molecule has 27 heavy (non-hydrogen) atoms. The zero-order chi connectivity index (χ0) is 19.2. The van der Waals surface area contributed by atoms with Crippen LogP contribution in [0.5, 0.6) is 0 Å². The van der Waals surface area contributed by atoms with Gasteiger partial charge in [0.15, 0.2) is 0 Å². The molecular weight excluding hydrogens is 346 g/mol. The van der Waals surface area contributed by atoms with Crippen molar-refractivity contribution in [2.45, 2.75) is 19.4 Å². The quantitative estimate of drug-likeness (QED) is 0.643. The number of nitrogens with one attached hydrogen (secondary N) is 1. The Balaban J connectivity index is 1.60. The second-order valence-electron chi connectivity index (χ2n) is 6.41. The molecule has 1 saturated heterocycles. The maximum Gasteiger partial charge on any atom is 0.293 e. The van der Waals surface area contributed by atoms with Gasteiger partial charge in [-0.05, 0) is 36.6 Å². The van der Waals surface area contributed by atoms with Gasteiger partial charge in [0.1, 0.15) is 5.69 Å². The third-order valence-corrected chi connectivity index (χ3v) is 4.70. The van der Waals surface area contributed by atoms with Crippen LogP contribution in [0.1, 0.15) is 24.0 Å². The Morgan fingerprint density at radius 2 is 2.15 bits per heavy atom. The van der Waals surface area contributed by atoms with E-state index in [1.807, 2.05) is 23.1 Å². The molecule has 2 heterocycles. The molecule has 1 amide bonds. The van der Waals surface area contributed by atoms with Crippen molar-refractivity contribution in [1.82, 2.24) is 10.3 Å². The van der Waals surface area contributed by atoms with Gasteiger partial charge in [0, 0.05) is 44.0 Å². The Hall–Kier alpha value is -3.47. The molecule has 1 N–H and O–H groups in total. The molecule has 0 aliphatic carbocycles. The number of pyridine rings is 1. The number of piperidine rings is 1. The van der Waals surface area contributed by atoms with Crippen molar-refractivity contribution in [3.8, 4) is 6.07 Å². The number of nitro benzene ring substituents is 1. The number of carbonyl (C=O) groups excluding carboxylic acids is 1. The fraction of sp³-hybridized carbons (Fsp3) is 0.316. The van der Waals surface area contributed by atoms with Crippen molar-refractivity contribution in [3.63, 3.8) is 0 Å². The minimum absolute atomic E-state index is 0.00664. The van der Waals surface area contributed by atoms with Gasteiger partial charge in [0.2, 0.25) is 5.91 Å². The van der Waals surface area contributed by atoms with E-state index >= 15 is 0 Å². The standard InChI is InChI=1S/C19H19N5O3/c20-11-14-3-4-17(18(10-14)24(26)27)23-8-5-16(6-9-23)19(25)22-13-15-2-1-7-21-12-15/h1-4,7,10,12,16H,5-6,8-9,13H2,(H,22,25). The lowest BCUT2D eigenvalue weighted by atomic mass is 9.95. The molecule has 0 saturated carbocycles. The van der Waals surface area contributed by atoms with Crippen LogP contribution < -0.4 is 10.2 Å². The van der Waals surface area contributed by atoms with Gasteiger partial charge in [-0.25, -0.2) is 0 Å². The minimum atomic E-state index is -0.469. The lowest BCUT2D eigenvalue weighted by molar-refractivity contribution is -0.384. The first-order valence-corrected chi connectivity index (χ1v) is 8.68. The number of rotatable bonds is 5. The van der Waals surface area contributed by atoms with E-state index in [1.54, 1.807) is 24.5 Å². The summed E-state index contributed by atoms with van der Waals surface area (Å²) in [4.78, 5) is 29.2. The number of aromatic nitrogens is 1. The molecule has 0 radical (unpaired) electrons. The highest BCUT2D eigenvalue weighted by molar-refractivity contribution is 5.79. The summed E-state index contributed by atoms with van der Waals surface area (Å²) < 4.78 is 0. The summed E-state index contributed by atoms with van der Waals surface area (Å²) >= 11 is 0. The van der Waals surface area contributed by atoms with E-state index in [4.69, 9.17) is 5.26 Å². The van der Waals surface area contributed by atoms with Crippen molar-refractivity contribution in [2.24, 2.45) is 5.92 Å². The molecule has 1 aliphatic heterocycles. The molecule has 8 nitrogen and oxygen atoms in total. The molecule has 3 rings (SSSR count). The summed E-state index contributed by atoms with van der Waals surface area (Å²) in [7, 11) is 0. The molecule has 0 spiro atoms. The fourth-order valence-corrected chi connectivity index (χ4v) is 3.23. The highest BCUT2D eigenvalue weighted by Gasteiger charge is 2.28. The third-order valence-electron chi connectivity index (χ3n) is 4.70. The number of hydrogen-bond acceptors (Lipinski definition) is 6. The van der Waals surface area contributed by atoms with Gasteiger partial charge in [0.25, 0.3) is 5.69 Å². The average molecular weight is 365 g/mol. The van der Waals surface area contributed by atoms with Crippen LogP contribution in [-0.2, 0) is 11.3 Å². The number of amides is 1. The lowest BCUT2D eigenvalue weighted by Crippen LogP contribution is -2.40. The van der Waals surface area contributed by atoms with Crippen molar-refractivity contribution in [2.75, 3.05) is 18.0 Å². The fourth-order valence-electron chi connectivity index (χ4n) is 3.23. The number of nitro groups is 1. The number of benzene rings is 1. The van der Waals surface area contributed by atoms with Crippen molar-refractivity contribution in [3.05, 3.63) is 64.0 Å². The Labute approximate surface area is 156 Å². The average Bonchev–Trinajstić information content (AvgIpc) is 2.72. The molecule has 2 aromatic rings. The van der Waals surface area contributed by atoms with Crippen LogP contribution in [0.3, 0.4) is 0 Å². The van der Waals surface area contributed by atoms with Crippen LogP contribution in [0.25, 0.3) is 0 Å². The van der Waals surface area contributed by atoms with Crippen molar-refractivity contribution < 1.29 is 9.72 Å². The van der Waals surface area contributed by atoms with E-state index in [2.05, 4.69) is 10.3 Å². The predicted octanol–water partition coefficient (Wildman–Crippen LogP) is 2.39. The molecule has 1 aliphatic rings. The van der Waals surface area contributed by atoms with Gasteiger partial charge in [-0.3, -0.25) is 19.9 Å². The normalized spacial score (nSPS) is 14.4. The molecule has 138 valence electrons. The van der Waals surface area contributed by atoms with E-state index in [-0.39, 0.29) is 23.1 Å². The van der Waals surface area contributed by atoms with Gasteiger partial charge in [0.05, 0.1) is 16.6 Å². The molecule has 8 heteroatoms. The van der Waals surface area contributed by atoms with E-state index in [0.29, 0.717) is 38.2 Å². The molecule has 0 atom stereocenters. The smallest absolute Gasteiger partial charge is 0.293 e. The number of carbonyl (C=O) groups is 1.